The van der Waals surface area contributed by atoms with E-state index < -0.39 is 23.6 Å². The van der Waals surface area contributed by atoms with Crippen LogP contribution >= 0.6 is 0 Å². The molecule has 2 saturated carbocycles. The summed E-state index contributed by atoms with van der Waals surface area (Å²) in [4.78, 5) is 84.4. The fourth-order valence-electron chi connectivity index (χ4n) is 14.0. The van der Waals surface area contributed by atoms with Gasteiger partial charge in [-0.15, -0.1) is 0 Å². The molecule has 0 radical (unpaired) electrons. The quantitative estimate of drug-likeness (QED) is 0.0880. The summed E-state index contributed by atoms with van der Waals surface area (Å²) >= 11 is 0. The van der Waals surface area contributed by atoms with Crippen molar-refractivity contribution < 1.29 is 43.3 Å². The third kappa shape index (κ3) is 8.92. The Balaban J connectivity index is 0.708. The van der Waals surface area contributed by atoms with Gasteiger partial charge in [0.25, 0.3) is 23.6 Å². The van der Waals surface area contributed by atoms with Crippen LogP contribution in [-0.2, 0) is 10.8 Å². The van der Waals surface area contributed by atoms with E-state index in [4.69, 9.17) is 9.47 Å². The van der Waals surface area contributed by atoms with E-state index in [1.807, 2.05) is 48.5 Å². The molecular weight excluding hydrogens is 1010 g/mol. The number of amides is 4. The summed E-state index contributed by atoms with van der Waals surface area (Å²) in [7, 11) is 0. The minimum Gasteiger partial charge on any atom is -0.508 e. The first-order valence-electron chi connectivity index (χ1n) is 28.2. The Morgan fingerprint density at radius 1 is 0.432 bits per heavy atom. The molecule has 2 unspecified atom stereocenters. The van der Waals surface area contributed by atoms with Gasteiger partial charge in [0.15, 0.2) is 11.6 Å². The molecule has 13 rings (SSSR count). The van der Waals surface area contributed by atoms with Gasteiger partial charge in [0.2, 0.25) is 0 Å². The van der Waals surface area contributed by atoms with Crippen molar-refractivity contribution in [2.24, 2.45) is 11.8 Å². The second-order valence-corrected chi connectivity index (χ2v) is 22.6. The lowest BCUT2D eigenvalue weighted by Gasteiger charge is -2.45. The van der Waals surface area contributed by atoms with Crippen molar-refractivity contribution in [1.82, 2.24) is 0 Å². The number of carbonyl (C=O) groups excluding carboxylic acids is 6. The number of phenols is 1. The molecular formula is C70H58N2O9. The van der Waals surface area contributed by atoms with Crippen LogP contribution in [0.5, 0.6) is 28.7 Å². The Kier molecular flexibility index (Phi) is 12.9. The molecule has 1 N–H and O–H groups in total. The summed E-state index contributed by atoms with van der Waals surface area (Å²) in [5.41, 5.74) is 7.44. The van der Waals surface area contributed by atoms with Gasteiger partial charge in [-0.2, -0.15) is 0 Å². The zero-order valence-electron chi connectivity index (χ0n) is 44.9. The number of carbonyl (C=O) groups is 6. The highest BCUT2D eigenvalue weighted by Gasteiger charge is 2.57. The van der Waals surface area contributed by atoms with Crippen LogP contribution in [0.4, 0.5) is 11.4 Å². The largest absolute Gasteiger partial charge is 0.508 e. The molecule has 2 atom stereocenters. The highest BCUT2D eigenvalue weighted by atomic mass is 16.5. The summed E-state index contributed by atoms with van der Waals surface area (Å²) in [6.07, 6.45) is 13.0. The summed E-state index contributed by atoms with van der Waals surface area (Å²) < 4.78 is 12.3. The van der Waals surface area contributed by atoms with Crippen molar-refractivity contribution in [2.45, 2.75) is 88.4 Å². The lowest BCUT2D eigenvalue weighted by Crippen LogP contribution is -2.40. The number of hydrogen-bond acceptors (Lipinski definition) is 9. The van der Waals surface area contributed by atoms with Crippen LogP contribution in [0, 0.1) is 11.8 Å². The Labute approximate surface area is 469 Å². The monoisotopic (exact) mass is 1070 g/mol. The number of benzene rings is 8. The zero-order chi connectivity index (χ0) is 55.6. The molecule has 11 nitrogen and oxygen atoms in total. The smallest absolute Gasteiger partial charge is 0.266 e. The van der Waals surface area contributed by atoms with Gasteiger partial charge >= 0.3 is 0 Å². The maximum atomic E-state index is 14.6. The van der Waals surface area contributed by atoms with Crippen LogP contribution < -0.4 is 19.3 Å². The molecule has 0 aromatic heterocycles. The third-order valence-electron chi connectivity index (χ3n) is 18.0. The predicted octanol–water partition coefficient (Wildman–Crippen LogP) is 15.1. The molecule has 4 amide bonds. The van der Waals surface area contributed by atoms with E-state index in [2.05, 4.69) is 31.2 Å². The van der Waals surface area contributed by atoms with Gasteiger partial charge in [0.1, 0.15) is 28.7 Å². The van der Waals surface area contributed by atoms with Gasteiger partial charge in [-0.05, 0) is 181 Å². The average Bonchev–Trinajstić information content (AvgIpc) is 4.21. The maximum Gasteiger partial charge on any atom is 0.266 e. The first-order chi connectivity index (χ1) is 39.4. The number of rotatable bonds is 13. The van der Waals surface area contributed by atoms with Crippen LogP contribution in [0.1, 0.15) is 168 Å². The minimum atomic E-state index is -0.544. The standard InChI is InChI=1S/C70H58N2O9/c1-69(47-13-7-3-8-14-47)42-70(48-15-9-4-10-16-48,49-22-17-44(18-23-49)63(74)43-11-5-2-6-12-43)61-38-21-46(39-62(61)69)64(75)45-19-30-53(31-20-45)80-54-32-26-51(27-33-54)72-66(77)58-37-35-56(41-60(58)68(72)79)81-55-34-36-57-59(40-55)67(78)71(65(57)76)50-24-28-52(73)29-25-50/h2,5-6,11-12,17-41,47-48,73H,3-4,7-10,13-16,42H2,1H3. The van der Waals surface area contributed by atoms with Gasteiger partial charge in [-0.3, -0.25) is 28.8 Å². The second kappa shape index (κ2) is 20.5. The van der Waals surface area contributed by atoms with Crippen molar-refractivity contribution in [3.8, 4) is 28.7 Å². The molecule has 5 aliphatic rings. The van der Waals surface area contributed by atoms with Gasteiger partial charge in [-0.25, -0.2) is 9.80 Å². The number of nitrogens with zero attached hydrogens (tertiary/aromatic N) is 2. The van der Waals surface area contributed by atoms with Gasteiger partial charge in [-0.1, -0.05) is 112 Å². The number of phenolic OH excluding ortho intramolecular Hbond substituents is 1. The van der Waals surface area contributed by atoms with Crippen molar-refractivity contribution >= 4 is 46.6 Å². The second-order valence-electron chi connectivity index (χ2n) is 22.6. The lowest BCUT2D eigenvalue weighted by atomic mass is 9.59. The summed E-state index contributed by atoms with van der Waals surface area (Å²) in [6, 6.07) is 53.1. The van der Waals surface area contributed by atoms with Crippen LogP contribution in [0.3, 0.4) is 0 Å². The Morgan fingerprint density at radius 2 is 0.864 bits per heavy atom. The highest BCUT2D eigenvalue weighted by molar-refractivity contribution is 6.35. The first-order valence-corrected chi connectivity index (χ1v) is 28.2. The van der Waals surface area contributed by atoms with Gasteiger partial charge in [0.05, 0.1) is 33.6 Å². The number of aromatic hydroxyl groups is 1. The number of hydrogen-bond donors (Lipinski definition) is 1. The van der Waals surface area contributed by atoms with E-state index >= 15 is 0 Å². The summed E-state index contributed by atoms with van der Waals surface area (Å²) in [5, 5.41) is 9.69. The molecule has 8 aromatic rings. The number of fused-ring (bicyclic) bond motifs is 3. The van der Waals surface area contributed by atoms with Crippen molar-refractivity contribution in [3.63, 3.8) is 0 Å². The summed E-state index contributed by atoms with van der Waals surface area (Å²) in [6.45, 7) is 2.48. The highest BCUT2D eigenvalue weighted by Crippen LogP contribution is 2.63. The third-order valence-corrected chi connectivity index (χ3v) is 18.0. The molecule has 11 heteroatoms. The number of ether oxygens (including phenoxy) is 2. The van der Waals surface area contributed by atoms with E-state index in [0.29, 0.717) is 57.0 Å². The van der Waals surface area contributed by atoms with Crippen LogP contribution in [0.25, 0.3) is 0 Å². The van der Waals surface area contributed by atoms with E-state index in [0.717, 1.165) is 29.1 Å². The van der Waals surface area contributed by atoms with Gasteiger partial charge in [0, 0.05) is 27.7 Å². The lowest BCUT2D eigenvalue weighted by molar-refractivity contribution is 0.0910. The topological polar surface area (TPSA) is 148 Å². The van der Waals surface area contributed by atoms with E-state index in [1.165, 1.54) is 117 Å². The number of imide groups is 2. The van der Waals surface area contributed by atoms with Crippen LogP contribution in [0.2, 0.25) is 0 Å². The fourth-order valence-corrected chi connectivity index (χ4v) is 14.0. The fraction of sp³-hybridized carbons (Fsp3) is 0.229. The van der Waals surface area contributed by atoms with E-state index in [9.17, 15) is 33.9 Å². The Hall–Kier alpha value is -9.22. The number of ketones is 2. The summed E-state index contributed by atoms with van der Waals surface area (Å²) in [5.74, 6) is 0.286. The number of anilines is 2. The Morgan fingerprint density at radius 3 is 1.42 bits per heavy atom. The molecule has 402 valence electrons. The molecule has 2 fully saturated rings. The first kappa shape index (κ1) is 51.2. The average molecular weight is 1070 g/mol. The molecule has 2 aliphatic heterocycles. The normalized spacial score (nSPS) is 19.8. The van der Waals surface area contributed by atoms with Crippen LogP contribution in [0.15, 0.2) is 182 Å². The molecule has 0 saturated heterocycles. The minimum absolute atomic E-state index is 0.00182. The van der Waals surface area contributed by atoms with E-state index in [1.54, 1.807) is 60.7 Å². The van der Waals surface area contributed by atoms with Gasteiger partial charge < -0.3 is 14.6 Å². The molecule has 0 spiro atoms. The van der Waals surface area contributed by atoms with E-state index in [-0.39, 0.29) is 61.9 Å². The van der Waals surface area contributed by atoms with Crippen molar-refractivity contribution in [3.05, 3.63) is 243 Å². The zero-order valence-corrected chi connectivity index (χ0v) is 44.9. The van der Waals surface area contributed by atoms with Crippen LogP contribution in [-0.4, -0.2) is 40.3 Å². The SMILES string of the molecule is CC1(C2CCCCC2)CC(c2ccc(C(=O)c3ccccc3)cc2)(C2CCCCC2)c2ccc(C(=O)c3ccc(Oc4ccc(N5C(=O)c6ccc(Oc7ccc8c(c7)C(=O)N(c7ccc(O)cc7)C8=O)cc6C5=O)cc4)cc3)cc21. The van der Waals surface area contributed by atoms with Crippen molar-refractivity contribution in [1.29, 1.82) is 0 Å². The predicted molar refractivity (Wildman–Crippen MR) is 308 cm³/mol. The molecule has 3 aliphatic carbocycles. The molecule has 2 heterocycles. The molecule has 0 bridgehead atoms. The Bertz CT molecular complexity index is 3840. The molecule has 81 heavy (non-hydrogen) atoms. The molecule has 8 aromatic carbocycles. The maximum absolute atomic E-state index is 14.6. The van der Waals surface area contributed by atoms with Crippen molar-refractivity contribution in [2.75, 3.05) is 9.80 Å².